The van der Waals surface area contributed by atoms with E-state index in [1.807, 2.05) is 47.5 Å². The molecular formula is C18H26N4O2. The highest BCUT2D eigenvalue weighted by Gasteiger charge is 2.27. The van der Waals surface area contributed by atoms with Gasteiger partial charge in [0.05, 0.1) is 17.7 Å². The van der Waals surface area contributed by atoms with E-state index in [1.165, 1.54) is 0 Å². The van der Waals surface area contributed by atoms with Crippen molar-refractivity contribution in [2.45, 2.75) is 32.4 Å². The summed E-state index contributed by atoms with van der Waals surface area (Å²) in [6, 6.07) is 6.01. The van der Waals surface area contributed by atoms with Crippen molar-refractivity contribution in [1.82, 2.24) is 19.2 Å². The zero-order valence-corrected chi connectivity index (χ0v) is 14.7. The summed E-state index contributed by atoms with van der Waals surface area (Å²) < 4.78 is 7.40. The van der Waals surface area contributed by atoms with Crippen LogP contribution in [0.15, 0.2) is 30.6 Å². The minimum atomic E-state index is -0.398. The second-order valence-electron chi connectivity index (χ2n) is 7.00. The average Bonchev–Trinajstić information content (AvgIpc) is 2.97. The first kappa shape index (κ1) is 16.9. The van der Waals surface area contributed by atoms with Crippen LogP contribution < -0.4 is 0 Å². The fourth-order valence-electron chi connectivity index (χ4n) is 3.00. The standard InChI is InChI=1S/C18H26N4O2/c1-18(2,24-3)12-17(23)21-10-8-20(9-11-21)13-15-14-22-7-5-4-6-16(22)19-15/h4-7,14H,8-13H2,1-3H3. The Bertz CT molecular complexity index is 669. The third-order valence-corrected chi connectivity index (χ3v) is 4.65. The summed E-state index contributed by atoms with van der Waals surface area (Å²) in [6.07, 6.45) is 4.52. The first-order valence-electron chi connectivity index (χ1n) is 8.45. The predicted octanol–water partition coefficient (Wildman–Crippen LogP) is 1.79. The number of aromatic nitrogens is 2. The van der Waals surface area contributed by atoms with Crippen molar-refractivity contribution in [3.05, 3.63) is 36.3 Å². The maximum atomic E-state index is 12.4. The molecule has 1 amide bonds. The normalized spacial score (nSPS) is 16.7. The summed E-state index contributed by atoms with van der Waals surface area (Å²) in [5, 5.41) is 0. The van der Waals surface area contributed by atoms with Gasteiger partial charge in [-0.05, 0) is 26.0 Å². The van der Waals surface area contributed by atoms with Crippen molar-refractivity contribution in [1.29, 1.82) is 0 Å². The Morgan fingerprint density at radius 1 is 1.25 bits per heavy atom. The van der Waals surface area contributed by atoms with Gasteiger partial charge >= 0.3 is 0 Å². The summed E-state index contributed by atoms with van der Waals surface area (Å²) in [4.78, 5) is 21.3. The SMILES string of the molecule is COC(C)(C)CC(=O)N1CCN(Cc2cn3ccccc3n2)CC1. The van der Waals surface area contributed by atoms with Crippen molar-refractivity contribution < 1.29 is 9.53 Å². The summed E-state index contributed by atoms with van der Waals surface area (Å²) in [5.41, 5.74) is 1.65. The molecule has 0 spiro atoms. The first-order chi connectivity index (χ1) is 11.5. The maximum absolute atomic E-state index is 12.4. The monoisotopic (exact) mass is 330 g/mol. The minimum absolute atomic E-state index is 0.175. The van der Waals surface area contributed by atoms with E-state index < -0.39 is 5.60 Å². The number of hydrogen-bond donors (Lipinski definition) is 0. The summed E-state index contributed by atoms with van der Waals surface area (Å²) in [7, 11) is 1.65. The van der Waals surface area contributed by atoms with Gasteiger partial charge in [-0.25, -0.2) is 4.98 Å². The van der Waals surface area contributed by atoms with Gasteiger partial charge in [0.15, 0.2) is 0 Å². The summed E-state index contributed by atoms with van der Waals surface area (Å²) >= 11 is 0. The molecule has 3 heterocycles. The molecule has 1 fully saturated rings. The van der Waals surface area contributed by atoms with Gasteiger partial charge in [0.1, 0.15) is 5.65 Å². The van der Waals surface area contributed by atoms with Crippen molar-refractivity contribution in [2.75, 3.05) is 33.3 Å². The van der Waals surface area contributed by atoms with Crippen molar-refractivity contribution in [2.24, 2.45) is 0 Å². The molecule has 0 aliphatic carbocycles. The molecule has 1 saturated heterocycles. The number of rotatable bonds is 5. The fraction of sp³-hybridized carbons (Fsp3) is 0.556. The molecule has 3 rings (SSSR count). The lowest BCUT2D eigenvalue weighted by Gasteiger charge is -2.36. The molecule has 0 N–H and O–H groups in total. The Morgan fingerprint density at radius 3 is 2.67 bits per heavy atom. The maximum Gasteiger partial charge on any atom is 0.225 e. The van der Waals surface area contributed by atoms with Gasteiger partial charge in [0.25, 0.3) is 0 Å². The van der Waals surface area contributed by atoms with Crippen LogP contribution in [0.5, 0.6) is 0 Å². The van der Waals surface area contributed by atoms with Crippen LogP contribution in [0.25, 0.3) is 5.65 Å². The minimum Gasteiger partial charge on any atom is -0.378 e. The highest BCUT2D eigenvalue weighted by molar-refractivity contribution is 5.77. The van der Waals surface area contributed by atoms with Crippen molar-refractivity contribution in [3.8, 4) is 0 Å². The molecule has 6 heteroatoms. The lowest BCUT2D eigenvalue weighted by atomic mass is 10.0. The van der Waals surface area contributed by atoms with E-state index in [2.05, 4.69) is 16.1 Å². The number of amides is 1. The predicted molar refractivity (Wildman–Crippen MR) is 92.8 cm³/mol. The molecule has 0 aromatic carbocycles. The molecule has 0 atom stereocenters. The Labute approximate surface area is 143 Å². The van der Waals surface area contributed by atoms with Gasteiger partial charge in [0.2, 0.25) is 5.91 Å². The molecule has 6 nitrogen and oxygen atoms in total. The molecule has 24 heavy (non-hydrogen) atoms. The molecule has 2 aromatic rings. The number of methoxy groups -OCH3 is 1. The van der Waals surface area contributed by atoms with Crippen molar-refractivity contribution >= 4 is 11.6 Å². The van der Waals surface area contributed by atoms with E-state index >= 15 is 0 Å². The topological polar surface area (TPSA) is 50.1 Å². The van der Waals surface area contributed by atoms with Crippen LogP contribution in [0.4, 0.5) is 0 Å². The quantitative estimate of drug-likeness (QED) is 0.839. The number of carbonyl (C=O) groups is 1. The molecule has 0 unspecified atom stereocenters. The number of imidazole rings is 1. The number of fused-ring (bicyclic) bond motifs is 1. The van der Waals surface area contributed by atoms with Crippen LogP contribution in [0.3, 0.4) is 0 Å². The largest absolute Gasteiger partial charge is 0.378 e. The zero-order chi connectivity index (χ0) is 17.2. The van der Waals surface area contributed by atoms with E-state index in [4.69, 9.17) is 4.74 Å². The Morgan fingerprint density at radius 2 is 2.00 bits per heavy atom. The van der Waals surface area contributed by atoms with Crippen LogP contribution in [-0.4, -0.2) is 64.0 Å². The van der Waals surface area contributed by atoms with Gasteiger partial charge < -0.3 is 14.0 Å². The number of carbonyl (C=O) groups excluding carboxylic acids is 1. The van der Waals surface area contributed by atoms with Crippen LogP contribution in [0, 0.1) is 0 Å². The lowest BCUT2D eigenvalue weighted by Crippen LogP contribution is -2.49. The summed E-state index contributed by atoms with van der Waals surface area (Å²) in [5.74, 6) is 0.175. The van der Waals surface area contributed by atoms with Crippen LogP contribution >= 0.6 is 0 Å². The van der Waals surface area contributed by atoms with Gasteiger partial charge in [-0.2, -0.15) is 0 Å². The molecule has 2 aromatic heterocycles. The smallest absolute Gasteiger partial charge is 0.225 e. The third kappa shape index (κ3) is 3.94. The number of hydrogen-bond acceptors (Lipinski definition) is 4. The van der Waals surface area contributed by atoms with Gasteiger partial charge in [0, 0.05) is 52.2 Å². The molecule has 0 saturated carbocycles. The van der Waals surface area contributed by atoms with Gasteiger partial charge in [-0.15, -0.1) is 0 Å². The van der Waals surface area contributed by atoms with E-state index in [0.29, 0.717) is 6.42 Å². The van der Waals surface area contributed by atoms with E-state index in [0.717, 1.165) is 44.1 Å². The fourth-order valence-corrected chi connectivity index (χ4v) is 3.00. The third-order valence-electron chi connectivity index (χ3n) is 4.65. The Hall–Kier alpha value is -1.92. The summed E-state index contributed by atoms with van der Waals surface area (Å²) in [6.45, 7) is 8.03. The Kier molecular flexibility index (Phi) is 4.87. The average molecular weight is 330 g/mol. The molecule has 130 valence electrons. The van der Waals surface area contributed by atoms with Crippen molar-refractivity contribution in [3.63, 3.8) is 0 Å². The molecule has 0 radical (unpaired) electrons. The molecule has 1 aliphatic rings. The molecule has 0 bridgehead atoms. The van der Waals surface area contributed by atoms with E-state index in [-0.39, 0.29) is 5.91 Å². The number of nitrogens with zero attached hydrogens (tertiary/aromatic N) is 4. The van der Waals surface area contributed by atoms with Crippen LogP contribution in [-0.2, 0) is 16.1 Å². The van der Waals surface area contributed by atoms with E-state index in [1.54, 1.807) is 7.11 Å². The van der Waals surface area contributed by atoms with Gasteiger partial charge in [-0.1, -0.05) is 6.07 Å². The number of pyridine rings is 1. The highest BCUT2D eigenvalue weighted by atomic mass is 16.5. The Balaban J connectivity index is 1.52. The van der Waals surface area contributed by atoms with Crippen LogP contribution in [0.2, 0.25) is 0 Å². The molecule has 1 aliphatic heterocycles. The van der Waals surface area contributed by atoms with E-state index in [9.17, 15) is 4.79 Å². The first-order valence-corrected chi connectivity index (χ1v) is 8.45. The van der Waals surface area contributed by atoms with Gasteiger partial charge in [-0.3, -0.25) is 9.69 Å². The number of piperazine rings is 1. The zero-order valence-electron chi connectivity index (χ0n) is 14.7. The number of ether oxygens (including phenoxy) is 1. The second-order valence-corrected chi connectivity index (χ2v) is 7.00. The molecular weight excluding hydrogens is 304 g/mol. The lowest BCUT2D eigenvalue weighted by molar-refractivity contribution is -0.138. The van der Waals surface area contributed by atoms with Crippen LogP contribution in [0.1, 0.15) is 26.0 Å². The highest BCUT2D eigenvalue weighted by Crippen LogP contribution is 2.16. The second kappa shape index (κ2) is 6.91.